The molecule has 5 heteroatoms. The second-order valence-corrected chi connectivity index (χ2v) is 11.6. The Kier molecular flexibility index (Phi) is 5.02. The van der Waals surface area contributed by atoms with Crippen molar-refractivity contribution in [3.05, 3.63) is 18.0 Å². The third-order valence-electron chi connectivity index (χ3n) is 9.99. The standard InChI is InChI=1S/C25H38N4O/c1-24(30)9-7-18-17(11-24)3-4-20-19(18)8-10-25(2)21(20)5-6-22(25)23(27)15-29-14-16(12-26)13-28-29/h13-14,17-23,30H,3-11,15,27H2,1-2H3/t17-,18+,19-,20-,21+,22-,23-,24-,25+/m1/s1. The van der Waals surface area contributed by atoms with Crippen molar-refractivity contribution in [1.29, 1.82) is 5.26 Å². The summed E-state index contributed by atoms with van der Waals surface area (Å²) >= 11 is 0. The second kappa shape index (κ2) is 7.35. The van der Waals surface area contributed by atoms with Crippen molar-refractivity contribution >= 4 is 0 Å². The molecule has 3 N–H and O–H groups in total. The number of hydrogen-bond donors (Lipinski definition) is 2. The van der Waals surface area contributed by atoms with E-state index in [4.69, 9.17) is 11.0 Å². The molecule has 4 aliphatic rings. The minimum atomic E-state index is -0.430. The molecule has 0 amide bonds. The van der Waals surface area contributed by atoms with Crippen molar-refractivity contribution in [2.45, 2.75) is 89.8 Å². The molecule has 1 aromatic rings. The van der Waals surface area contributed by atoms with Crippen LogP contribution in [0.4, 0.5) is 0 Å². The molecule has 1 heterocycles. The highest BCUT2D eigenvalue weighted by atomic mass is 16.3. The van der Waals surface area contributed by atoms with Gasteiger partial charge in [0.1, 0.15) is 6.07 Å². The van der Waals surface area contributed by atoms with E-state index in [2.05, 4.69) is 25.0 Å². The molecule has 0 radical (unpaired) electrons. The third kappa shape index (κ3) is 3.31. The number of hydrogen-bond acceptors (Lipinski definition) is 4. The minimum Gasteiger partial charge on any atom is -0.390 e. The maximum absolute atomic E-state index is 10.6. The van der Waals surface area contributed by atoms with E-state index in [1.54, 1.807) is 6.20 Å². The van der Waals surface area contributed by atoms with Crippen LogP contribution in [0.25, 0.3) is 0 Å². The molecule has 0 saturated heterocycles. The summed E-state index contributed by atoms with van der Waals surface area (Å²) in [4.78, 5) is 0. The van der Waals surface area contributed by atoms with E-state index in [1.807, 2.05) is 10.9 Å². The number of aliphatic hydroxyl groups is 1. The summed E-state index contributed by atoms with van der Waals surface area (Å²) in [6, 6.07) is 2.26. The van der Waals surface area contributed by atoms with Gasteiger partial charge in [0.25, 0.3) is 0 Å². The summed E-state index contributed by atoms with van der Waals surface area (Å²) < 4.78 is 1.87. The number of nitrogens with zero attached hydrogens (tertiary/aromatic N) is 3. The van der Waals surface area contributed by atoms with Crippen LogP contribution in [0, 0.1) is 52.3 Å². The third-order valence-corrected chi connectivity index (χ3v) is 9.99. The first-order valence-electron chi connectivity index (χ1n) is 12.2. The van der Waals surface area contributed by atoms with Gasteiger partial charge in [-0.15, -0.1) is 0 Å². The summed E-state index contributed by atoms with van der Waals surface area (Å²) in [5.74, 6) is 4.67. The zero-order chi connectivity index (χ0) is 21.1. The predicted octanol–water partition coefficient (Wildman–Crippen LogP) is 4.10. The fourth-order valence-electron chi connectivity index (χ4n) is 8.69. The van der Waals surface area contributed by atoms with Gasteiger partial charge < -0.3 is 10.8 Å². The van der Waals surface area contributed by atoms with Crippen LogP contribution < -0.4 is 5.73 Å². The lowest BCUT2D eigenvalue weighted by atomic mass is 9.48. The molecule has 1 aromatic heterocycles. The minimum absolute atomic E-state index is 0.101. The van der Waals surface area contributed by atoms with Gasteiger partial charge in [0.2, 0.25) is 0 Å². The molecule has 4 saturated carbocycles. The second-order valence-electron chi connectivity index (χ2n) is 11.6. The molecule has 0 unspecified atom stereocenters. The lowest BCUT2D eigenvalue weighted by Crippen LogP contribution is -2.52. The van der Waals surface area contributed by atoms with E-state index >= 15 is 0 Å². The highest BCUT2D eigenvalue weighted by molar-refractivity contribution is 5.21. The van der Waals surface area contributed by atoms with E-state index in [1.165, 1.54) is 44.9 Å². The SMILES string of the molecule is C[C@@]1(O)CC[C@H]2[C@H](CC[C@@H]3[C@@H]2CC[C@]2(C)[C@@H]([C@H](N)Cn4cc(C#N)cn4)CC[C@@H]32)C1. The average molecular weight is 411 g/mol. The molecular formula is C25H38N4O. The Bertz CT molecular complexity index is 825. The molecule has 9 atom stereocenters. The smallest absolute Gasteiger partial charge is 0.102 e. The monoisotopic (exact) mass is 410 g/mol. The molecule has 30 heavy (non-hydrogen) atoms. The maximum Gasteiger partial charge on any atom is 0.102 e. The Labute approximate surface area is 181 Å². The lowest BCUT2D eigenvalue weighted by molar-refractivity contribution is -0.101. The van der Waals surface area contributed by atoms with E-state index < -0.39 is 5.60 Å². The van der Waals surface area contributed by atoms with E-state index in [9.17, 15) is 5.11 Å². The van der Waals surface area contributed by atoms with Crippen LogP contribution in [0.15, 0.2) is 12.4 Å². The van der Waals surface area contributed by atoms with Crippen molar-refractivity contribution < 1.29 is 5.11 Å². The number of nitriles is 1. The fourth-order valence-corrected chi connectivity index (χ4v) is 8.69. The van der Waals surface area contributed by atoms with Crippen LogP contribution in [0.3, 0.4) is 0 Å². The number of aromatic nitrogens is 2. The molecule has 164 valence electrons. The van der Waals surface area contributed by atoms with Gasteiger partial charge in [-0.1, -0.05) is 6.92 Å². The molecule has 5 nitrogen and oxygen atoms in total. The Morgan fingerprint density at radius 1 is 1.17 bits per heavy atom. The largest absolute Gasteiger partial charge is 0.390 e. The first-order chi connectivity index (χ1) is 14.3. The molecule has 0 spiro atoms. The quantitative estimate of drug-likeness (QED) is 0.785. The van der Waals surface area contributed by atoms with Crippen molar-refractivity contribution in [2.75, 3.05) is 0 Å². The summed E-state index contributed by atoms with van der Waals surface area (Å²) in [7, 11) is 0. The number of fused-ring (bicyclic) bond motifs is 5. The molecule has 4 aliphatic carbocycles. The number of rotatable bonds is 3. The highest BCUT2D eigenvalue weighted by Crippen LogP contribution is 2.65. The molecule has 0 bridgehead atoms. The first kappa shape index (κ1) is 20.5. The van der Waals surface area contributed by atoms with Gasteiger partial charge in [0, 0.05) is 12.2 Å². The van der Waals surface area contributed by atoms with Gasteiger partial charge in [0.05, 0.1) is 23.9 Å². The molecule has 4 fully saturated rings. The summed E-state index contributed by atoms with van der Waals surface area (Å²) in [5.41, 5.74) is 7.31. The van der Waals surface area contributed by atoms with Crippen LogP contribution >= 0.6 is 0 Å². The average Bonchev–Trinajstić information content (AvgIpc) is 3.30. The van der Waals surface area contributed by atoms with Gasteiger partial charge in [-0.2, -0.15) is 10.4 Å². The topological polar surface area (TPSA) is 87.9 Å². The maximum atomic E-state index is 10.6. The van der Waals surface area contributed by atoms with Crippen molar-refractivity contribution in [3.63, 3.8) is 0 Å². The molecular weight excluding hydrogens is 372 g/mol. The first-order valence-corrected chi connectivity index (χ1v) is 12.2. The zero-order valence-corrected chi connectivity index (χ0v) is 18.6. The predicted molar refractivity (Wildman–Crippen MR) is 116 cm³/mol. The van der Waals surface area contributed by atoms with Crippen LogP contribution in [-0.4, -0.2) is 26.5 Å². The Morgan fingerprint density at radius 3 is 2.73 bits per heavy atom. The Morgan fingerprint density at radius 2 is 1.97 bits per heavy atom. The van der Waals surface area contributed by atoms with Crippen LogP contribution in [0.2, 0.25) is 0 Å². The molecule has 5 rings (SSSR count). The zero-order valence-electron chi connectivity index (χ0n) is 18.6. The summed E-state index contributed by atoms with van der Waals surface area (Å²) in [5, 5.41) is 24.0. The normalized spacial score (nSPS) is 46.4. The summed E-state index contributed by atoms with van der Waals surface area (Å²) in [6.45, 7) is 5.30. The van der Waals surface area contributed by atoms with Crippen molar-refractivity contribution in [3.8, 4) is 6.07 Å². The van der Waals surface area contributed by atoms with Gasteiger partial charge in [0.15, 0.2) is 0 Å². The Balaban J connectivity index is 1.30. The van der Waals surface area contributed by atoms with Gasteiger partial charge in [-0.3, -0.25) is 4.68 Å². The van der Waals surface area contributed by atoms with Gasteiger partial charge >= 0.3 is 0 Å². The van der Waals surface area contributed by atoms with E-state index in [-0.39, 0.29) is 6.04 Å². The van der Waals surface area contributed by atoms with Crippen LogP contribution in [0.5, 0.6) is 0 Å². The van der Waals surface area contributed by atoms with E-state index in [0.717, 1.165) is 42.4 Å². The molecule has 0 aromatic carbocycles. The number of nitrogens with two attached hydrogens (primary N) is 1. The highest BCUT2D eigenvalue weighted by Gasteiger charge is 2.58. The summed E-state index contributed by atoms with van der Waals surface area (Å²) in [6.07, 6.45) is 14.6. The lowest BCUT2D eigenvalue weighted by Gasteiger charge is -2.57. The Hall–Kier alpha value is -1.38. The van der Waals surface area contributed by atoms with E-state index in [0.29, 0.717) is 23.4 Å². The van der Waals surface area contributed by atoms with Crippen LogP contribution in [-0.2, 0) is 6.54 Å². The van der Waals surface area contributed by atoms with Gasteiger partial charge in [-0.05, 0) is 106 Å². The van der Waals surface area contributed by atoms with Crippen molar-refractivity contribution in [1.82, 2.24) is 9.78 Å². The van der Waals surface area contributed by atoms with Crippen molar-refractivity contribution in [2.24, 2.45) is 46.7 Å². The van der Waals surface area contributed by atoms with Gasteiger partial charge in [-0.25, -0.2) is 0 Å². The fraction of sp³-hybridized carbons (Fsp3) is 0.840. The molecule has 0 aliphatic heterocycles. The van der Waals surface area contributed by atoms with Crippen LogP contribution in [0.1, 0.15) is 77.2 Å².